The Kier molecular flexibility index (Phi) is 3.25. The molecule has 0 N–H and O–H groups in total. The third-order valence-electron chi connectivity index (χ3n) is 1.88. The Labute approximate surface area is 76.0 Å². The van der Waals surface area contributed by atoms with Gasteiger partial charge in [-0.3, -0.25) is 9.59 Å². The Hall–Kier alpha value is -1.10. The molecule has 0 aromatic rings. The minimum atomic E-state index is -0.322. The van der Waals surface area contributed by atoms with E-state index in [2.05, 4.69) is 9.47 Å². The van der Waals surface area contributed by atoms with Gasteiger partial charge >= 0.3 is 11.9 Å². The van der Waals surface area contributed by atoms with E-state index in [1.807, 2.05) is 0 Å². The van der Waals surface area contributed by atoms with Gasteiger partial charge in [-0.25, -0.2) is 0 Å². The highest BCUT2D eigenvalue weighted by Gasteiger charge is 2.42. The van der Waals surface area contributed by atoms with Gasteiger partial charge in [0.05, 0.1) is 39.3 Å². The van der Waals surface area contributed by atoms with Gasteiger partial charge in [0.1, 0.15) is 0 Å². The van der Waals surface area contributed by atoms with E-state index in [4.69, 9.17) is 4.74 Å². The molecule has 0 saturated carbocycles. The molecule has 0 bridgehead atoms. The molecule has 74 valence electrons. The van der Waals surface area contributed by atoms with Gasteiger partial charge in [-0.05, 0) is 0 Å². The fourth-order valence-electron chi connectivity index (χ4n) is 1.03. The summed E-state index contributed by atoms with van der Waals surface area (Å²) in [5.41, 5.74) is 0. The SMILES string of the molecule is COC(=O)C[C@@H]1O[C@@H]1CC(=O)OC. The zero-order chi connectivity index (χ0) is 9.84. The van der Waals surface area contributed by atoms with Gasteiger partial charge < -0.3 is 14.2 Å². The van der Waals surface area contributed by atoms with Crippen LogP contribution in [0.4, 0.5) is 0 Å². The van der Waals surface area contributed by atoms with E-state index in [0.29, 0.717) is 0 Å². The molecule has 0 spiro atoms. The molecule has 0 aromatic carbocycles. The molecule has 1 saturated heterocycles. The molecule has 1 fully saturated rings. The molecule has 0 amide bonds. The molecular weight excluding hydrogens is 176 g/mol. The number of rotatable bonds is 4. The van der Waals surface area contributed by atoms with Crippen molar-refractivity contribution in [2.24, 2.45) is 0 Å². The monoisotopic (exact) mass is 188 g/mol. The van der Waals surface area contributed by atoms with Crippen LogP contribution in [0, 0.1) is 0 Å². The van der Waals surface area contributed by atoms with E-state index >= 15 is 0 Å². The minimum Gasteiger partial charge on any atom is -0.469 e. The van der Waals surface area contributed by atoms with Crippen molar-refractivity contribution in [2.75, 3.05) is 14.2 Å². The van der Waals surface area contributed by atoms with Crippen molar-refractivity contribution in [2.45, 2.75) is 25.0 Å². The van der Waals surface area contributed by atoms with E-state index in [1.54, 1.807) is 0 Å². The number of hydrogen-bond donors (Lipinski definition) is 0. The van der Waals surface area contributed by atoms with Crippen molar-refractivity contribution in [1.82, 2.24) is 0 Å². The Balaban J connectivity index is 2.15. The summed E-state index contributed by atoms with van der Waals surface area (Å²) in [6.07, 6.45) is 0.0640. The fourth-order valence-corrected chi connectivity index (χ4v) is 1.03. The first-order valence-electron chi connectivity index (χ1n) is 3.96. The molecule has 5 heteroatoms. The van der Waals surface area contributed by atoms with Crippen molar-refractivity contribution in [1.29, 1.82) is 0 Å². The molecule has 0 radical (unpaired) electrons. The zero-order valence-electron chi connectivity index (χ0n) is 7.61. The van der Waals surface area contributed by atoms with Crippen LogP contribution >= 0.6 is 0 Å². The number of ether oxygens (including phenoxy) is 3. The maximum absolute atomic E-state index is 10.7. The van der Waals surface area contributed by atoms with Crippen molar-refractivity contribution >= 4 is 11.9 Å². The van der Waals surface area contributed by atoms with Crippen molar-refractivity contribution in [3.05, 3.63) is 0 Å². The van der Waals surface area contributed by atoms with Crippen molar-refractivity contribution in [3.63, 3.8) is 0 Å². The molecule has 0 aliphatic carbocycles. The van der Waals surface area contributed by atoms with Gasteiger partial charge in [-0.15, -0.1) is 0 Å². The summed E-state index contributed by atoms with van der Waals surface area (Å²) in [4.78, 5) is 21.5. The summed E-state index contributed by atoms with van der Waals surface area (Å²) in [5, 5.41) is 0. The van der Waals surface area contributed by atoms with Crippen LogP contribution < -0.4 is 0 Å². The van der Waals surface area contributed by atoms with Gasteiger partial charge in [0.15, 0.2) is 0 Å². The third kappa shape index (κ3) is 3.02. The summed E-state index contributed by atoms with van der Waals surface area (Å²) >= 11 is 0. The molecule has 0 aromatic heterocycles. The van der Waals surface area contributed by atoms with E-state index in [-0.39, 0.29) is 37.0 Å². The second-order valence-corrected chi connectivity index (χ2v) is 2.77. The van der Waals surface area contributed by atoms with Crippen molar-refractivity contribution < 1.29 is 23.8 Å². The van der Waals surface area contributed by atoms with Gasteiger partial charge in [0.2, 0.25) is 0 Å². The number of epoxide rings is 1. The lowest BCUT2D eigenvalue weighted by atomic mass is 10.2. The normalized spacial score (nSPS) is 25.1. The Morgan fingerprint density at radius 1 is 1.08 bits per heavy atom. The summed E-state index contributed by atoms with van der Waals surface area (Å²) in [6, 6.07) is 0. The number of carbonyl (C=O) groups is 2. The van der Waals surface area contributed by atoms with Crippen LogP contribution in [0.3, 0.4) is 0 Å². The molecular formula is C8H12O5. The third-order valence-corrected chi connectivity index (χ3v) is 1.88. The second-order valence-electron chi connectivity index (χ2n) is 2.77. The number of methoxy groups -OCH3 is 2. The highest BCUT2D eigenvalue weighted by atomic mass is 16.6. The Bertz CT molecular complexity index is 191. The lowest BCUT2D eigenvalue weighted by Crippen LogP contribution is -2.10. The summed E-state index contributed by atoms with van der Waals surface area (Å²) in [6.45, 7) is 0. The van der Waals surface area contributed by atoms with Gasteiger partial charge in [0, 0.05) is 0 Å². The molecule has 1 aliphatic rings. The lowest BCUT2D eigenvalue weighted by molar-refractivity contribution is -0.142. The van der Waals surface area contributed by atoms with Gasteiger partial charge in [0.25, 0.3) is 0 Å². The lowest BCUT2D eigenvalue weighted by Gasteiger charge is -1.95. The number of carbonyl (C=O) groups excluding carboxylic acids is 2. The second kappa shape index (κ2) is 4.23. The van der Waals surface area contributed by atoms with Crippen LogP contribution in [-0.4, -0.2) is 38.4 Å². The van der Waals surface area contributed by atoms with Crippen LogP contribution in [0.5, 0.6) is 0 Å². The van der Waals surface area contributed by atoms with E-state index in [0.717, 1.165) is 0 Å². The molecule has 0 unspecified atom stereocenters. The Morgan fingerprint density at radius 2 is 1.46 bits per heavy atom. The van der Waals surface area contributed by atoms with Gasteiger partial charge in [-0.1, -0.05) is 0 Å². The van der Waals surface area contributed by atoms with E-state index in [1.165, 1.54) is 14.2 Å². The fraction of sp³-hybridized carbons (Fsp3) is 0.750. The standard InChI is InChI=1S/C8H12O5/c1-11-7(9)3-5-6(13-5)4-8(10)12-2/h5-6H,3-4H2,1-2H3/t5-,6+. The molecule has 1 heterocycles. The van der Waals surface area contributed by atoms with Crippen LogP contribution in [0.2, 0.25) is 0 Å². The quantitative estimate of drug-likeness (QED) is 0.454. The molecule has 13 heavy (non-hydrogen) atoms. The first-order valence-corrected chi connectivity index (χ1v) is 3.96. The summed E-state index contributed by atoms with van der Waals surface area (Å²) < 4.78 is 14.0. The highest BCUT2D eigenvalue weighted by molar-refractivity contribution is 5.72. The topological polar surface area (TPSA) is 65.1 Å². The molecule has 5 nitrogen and oxygen atoms in total. The molecule has 1 rings (SSSR count). The largest absolute Gasteiger partial charge is 0.469 e. The maximum Gasteiger partial charge on any atom is 0.308 e. The van der Waals surface area contributed by atoms with E-state index in [9.17, 15) is 9.59 Å². The predicted octanol–water partition coefficient (Wildman–Crippen LogP) is -0.120. The Morgan fingerprint density at radius 3 is 1.77 bits per heavy atom. The first kappa shape index (κ1) is 9.98. The molecule has 2 atom stereocenters. The zero-order valence-corrected chi connectivity index (χ0v) is 7.61. The summed E-state index contributed by atoms with van der Waals surface area (Å²) in [5.74, 6) is -0.644. The predicted molar refractivity (Wildman–Crippen MR) is 41.9 cm³/mol. The smallest absolute Gasteiger partial charge is 0.308 e. The average molecular weight is 188 g/mol. The highest BCUT2D eigenvalue weighted by Crippen LogP contribution is 2.28. The number of hydrogen-bond acceptors (Lipinski definition) is 5. The van der Waals surface area contributed by atoms with Crippen molar-refractivity contribution in [3.8, 4) is 0 Å². The van der Waals surface area contributed by atoms with E-state index < -0.39 is 0 Å². The van der Waals surface area contributed by atoms with Crippen LogP contribution in [-0.2, 0) is 23.8 Å². The summed E-state index contributed by atoms with van der Waals surface area (Å²) in [7, 11) is 2.64. The molecule has 1 aliphatic heterocycles. The number of esters is 2. The van der Waals surface area contributed by atoms with Crippen LogP contribution in [0.1, 0.15) is 12.8 Å². The average Bonchev–Trinajstić information content (AvgIpc) is 2.83. The first-order chi connectivity index (χ1) is 6.17. The van der Waals surface area contributed by atoms with Gasteiger partial charge in [-0.2, -0.15) is 0 Å². The van der Waals surface area contributed by atoms with Crippen LogP contribution in [0.15, 0.2) is 0 Å². The van der Waals surface area contributed by atoms with Crippen LogP contribution in [0.25, 0.3) is 0 Å². The minimum absolute atomic E-state index is 0.174. The maximum atomic E-state index is 10.7.